The lowest BCUT2D eigenvalue weighted by atomic mass is 10.1. The Balaban J connectivity index is 0.00000121. The summed E-state index contributed by atoms with van der Waals surface area (Å²) in [6, 6.07) is -0.528. The molecule has 1 fully saturated rings. The van der Waals surface area contributed by atoms with Crippen LogP contribution in [0.2, 0.25) is 0 Å². The first-order valence-electron chi connectivity index (χ1n) is 3.46. The van der Waals surface area contributed by atoms with Crippen LogP contribution in [0.1, 0.15) is 12.8 Å². The highest BCUT2D eigenvalue weighted by Crippen LogP contribution is 2.08. The van der Waals surface area contributed by atoms with Crippen molar-refractivity contribution in [1.29, 1.82) is 0 Å². The molecule has 12 heavy (non-hydrogen) atoms. The van der Waals surface area contributed by atoms with Crippen molar-refractivity contribution in [2.24, 2.45) is 5.73 Å². The molecule has 0 unspecified atom stereocenters. The average Bonchev–Trinajstić information content (AvgIpc) is 1.99. The van der Waals surface area contributed by atoms with Crippen molar-refractivity contribution in [3.63, 3.8) is 0 Å². The molecule has 0 spiro atoms. The first kappa shape index (κ1) is 11.4. The number of rotatable bonds is 1. The zero-order chi connectivity index (χ0) is 8.43. The van der Waals surface area contributed by atoms with Crippen molar-refractivity contribution in [3.05, 3.63) is 0 Å². The Hall–Kier alpha value is -0.650. The zero-order valence-corrected chi connectivity index (χ0v) is 7.56. The van der Waals surface area contributed by atoms with Gasteiger partial charge >= 0.3 is 0 Å². The van der Waals surface area contributed by atoms with E-state index in [1.54, 1.807) is 0 Å². The van der Waals surface area contributed by atoms with E-state index in [1.807, 2.05) is 0 Å². The maximum Gasteiger partial charge on any atom is 0.260 e. The van der Waals surface area contributed by atoms with Crippen molar-refractivity contribution in [3.8, 4) is 0 Å². The third-order valence-electron chi connectivity index (χ3n) is 1.68. The summed E-state index contributed by atoms with van der Waals surface area (Å²) in [5, 5.41) is 0.966. The van der Waals surface area contributed by atoms with Gasteiger partial charge in [0.25, 0.3) is 5.91 Å². The van der Waals surface area contributed by atoms with Gasteiger partial charge in [-0.05, 0) is 6.42 Å². The summed E-state index contributed by atoms with van der Waals surface area (Å²) in [6.07, 6.45) is 0.795. The van der Waals surface area contributed by atoms with Crippen LogP contribution in [-0.2, 0) is 9.59 Å². The number of imide groups is 1. The van der Waals surface area contributed by atoms with E-state index in [4.69, 9.17) is 5.73 Å². The fourth-order valence-electron chi connectivity index (χ4n) is 1.04. The molecule has 2 amide bonds. The molecule has 0 radical (unpaired) electrons. The molecule has 1 heterocycles. The summed E-state index contributed by atoms with van der Waals surface area (Å²) in [7, 11) is 1.52. The highest BCUT2D eigenvalue weighted by atomic mass is 35.5. The van der Waals surface area contributed by atoms with Crippen molar-refractivity contribution in [1.82, 2.24) is 10.4 Å². The number of halogens is 1. The minimum absolute atomic E-state index is 0. The van der Waals surface area contributed by atoms with Crippen LogP contribution in [0.4, 0.5) is 0 Å². The molecule has 1 atom stereocenters. The van der Waals surface area contributed by atoms with Crippen LogP contribution in [0.3, 0.4) is 0 Å². The number of carbonyl (C=O) groups excluding carboxylic acids is 2. The number of nitrogens with one attached hydrogen (secondary N) is 1. The Bertz CT molecular complexity index is 197. The highest BCUT2D eigenvalue weighted by Gasteiger charge is 2.30. The molecule has 1 aliphatic heterocycles. The van der Waals surface area contributed by atoms with E-state index in [2.05, 4.69) is 5.43 Å². The normalized spacial score (nSPS) is 23.8. The quantitative estimate of drug-likeness (QED) is 0.525. The number of nitrogens with zero attached hydrogens (tertiary/aromatic N) is 1. The molecule has 0 aliphatic carbocycles. The largest absolute Gasteiger partial charge is 0.320 e. The van der Waals surface area contributed by atoms with Gasteiger partial charge in [-0.2, -0.15) is 0 Å². The summed E-state index contributed by atoms with van der Waals surface area (Å²) in [5.41, 5.74) is 7.91. The molecule has 0 aromatic rings. The number of piperidine rings is 1. The Morgan fingerprint density at radius 2 is 2.17 bits per heavy atom. The smallest absolute Gasteiger partial charge is 0.260 e. The standard InChI is InChI=1S/C6H11N3O2.ClH/c1-8-9-5(10)3-2-4(7)6(9)11;/h4,8H,2-3,7H2,1H3;1H/t4-;/m1./s1. The topological polar surface area (TPSA) is 75.4 Å². The zero-order valence-electron chi connectivity index (χ0n) is 6.74. The van der Waals surface area contributed by atoms with Gasteiger partial charge in [-0.3, -0.25) is 9.59 Å². The summed E-state index contributed by atoms with van der Waals surface area (Å²) in [4.78, 5) is 22.1. The van der Waals surface area contributed by atoms with E-state index in [1.165, 1.54) is 7.05 Å². The van der Waals surface area contributed by atoms with Gasteiger partial charge in [0.15, 0.2) is 0 Å². The summed E-state index contributed by atoms with van der Waals surface area (Å²) in [5.74, 6) is -0.553. The molecular weight excluding hydrogens is 182 g/mol. The molecule has 70 valence electrons. The fourth-order valence-corrected chi connectivity index (χ4v) is 1.04. The lowest BCUT2D eigenvalue weighted by molar-refractivity contribution is -0.152. The van der Waals surface area contributed by atoms with Gasteiger partial charge < -0.3 is 5.73 Å². The molecule has 1 saturated heterocycles. The molecule has 1 rings (SSSR count). The number of hydrogen-bond acceptors (Lipinski definition) is 4. The molecule has 0 bridgehead atoms. The predicted molar refractivity (Wildman–Crippen MR) is 45.4 cm³/mol. The van der Waals surface area contributed by atoms with Gasteiger partial charge in [-0.25, -0.2) is 10.4 Å². The Labute approximate surface area is 76.7 Å². The van der Waals surface area contributed by atoms with Crippen molar-refractivity contribution >= 4 is 24.2 Å². The molecule has 0 aromatic heterocycles. The highest BCUT2D eigenvalue weighted by molar-refractivity contribution is 5.99. The van der Waals surface area contributed by atoms with Crippen LogP contribution in [-0.4, -0.2) is 29.9 Å². The number of carbonyl (C=O) groups is 2. The monoisotopic (exact) mass is 193 g/mol. The fraction of sp³-hybridized carbons (Fsp3) is 0.667. The van der Waals surface area contributed by atoms with Gasteiger partial charge in [0.05, 0.1) is 6.04 Å². The second-order valence-electron chi connectivity index (χ2n) is 2.44. The predicted octanol–water partition coefficient (Wildman–Crippen LogP) is -0.981. The van der Waals surface area contributed by atoms with E-state index in [9.17, 15) is 9.59 Å². The summed E-state index contributed by atoms with van der Waals surface area (Å²) >= 11 is 0. The maximum absolute atomic E-state index is 11.1. The molecule has 6 heteroatoms. The van der Waals surface area contributed by atoms with Crippen LogP contribution in [0.15, 0.2) is 0 Å². The van der Waals surface area contributed by atoms with Gasteiger partial charge in [-0.15, -0.1) is 12.4 Å². The second-order valence-corrected chi connectivity index (χ2v) is 2.44. The van der Waals surface area contributed by atoms with E-state index in [-0.39, 0.29) is 24.2 Å². The summed E-state index contributed by atoms with van der Waals surface area (Å²) in [6.45, 7) is 0. The van der Waals surface area contributed by atoms with Crippen molar-refractivity contribution < 1.29 is 9.59 Å². The SMILES string of the molecule is CNN1C(=O)CC[C@@H](N)C1=O.Cl. The van der Waals surface area contributed by atoms with Gasteiger partial charge in [0.1, 0.15) is 0 Å². The third-order valence-corrected chi connectivity index (χ3v) is 1.68. The Morgan fingerprint density at radius 3 is 2.58 bits per heavy atom. The van der Waals surface area contributed by atoms with E-state index < -0.39 is 6.04 Å². The minimum atomic E-state index is -0.528. The number of hydrazine groups is 1. The number of hydrogen-bond donors (Lipinski definition) is 2. The van der Waals surface area contributed by atoms with Gasteiger partial charge in [-0.1, -0.05) is 0 Å². The lowest BCUT2D eigenvalue weighted by Gasteiger charge is -2.27. The second kappa shape index (κ2) is 4.39. The van der Waals surface area contributed by atoms with E-state index in [0.29, 0.717) is 12.8 Å². The first-order valence-corrected chi connectivity index (χ1v) is 3.46. The summed E-state index contributed by atoms with van der Waals surface area (Å²) < 4.78 is 0. The Kier molecular flexibility index (Phi) is 4.16. The van der Waals surface area contributed by atoms with Crippen LogP contribution in [0.5, 0.6) is 0 Å². The van der Waals surface area contributed by atoms with Crippen molar-refractivity contribution in [2.45, 2.75) is 18.9 Å². The third kappa shape index (κ3) is 1.94. The Morgan fingerprint density at radius 1 is 1.58 bits per heavy atom. The minimum Gasteiger partial charge on any atom is -0.320 e. The molecule has 5 nitrogen and oxygen atoms in total. The molecule has 1 aliphatic rings. The molecule has 0 saturated carbocycles. The van der Waals surface area contributed by atoms with E-state index in [0.717, 1.165) is 5.01 Å². The molecule has 3 N–H and O–H groups in total. The van der Waals surface area contributed by atoms with Crippen LogP contribution < -0.4 is 11.2 Å². The molecular formula is C6H12ClN3O2. The van der Waals surface area contributed by atoms with E-state index >= 15 is 0 Å². The lowest BCUT2D eigenvalue weighted by Crippen LogP contribution is -2.55. The van der Waals surface area contributed by atoms with Gasteiger partial charge in [0, 0.05) is 13.5 Å². The van der Waals surface area contributed by atoms with Crippen LogP contribution in [0, 0.1) is 0 Å². The average molecular weight is 194 g/mol. The molecule has 0 aromatic carbocycles. The number of nitrogens with two attached hydrogens (primary N) is 1. The van der Waals surface area contributed by atoms with Crippen LogP contribution >= 0.6 is 12.4 Å². The first-order chi connectivity index (χ1) is 5.16. The number of amides is 2. The van der Waals surface area contributed by atoms with Crippen molar-refractivity contribution in [2.75, 3.05) is 7.05 Å². The van der Waals surface area contributed by atoms with Crippen LogP contribution in [0.25, 0.3) is 0 Å². The van der Waals surface area contributed by atoms with Gasteiger partial charge in [0.2, 0.25) is 5.91 Å². The maximum atomic E-state index is 11.1.